The first-order valence-electron chi connectivity index (χ1n) is 7.04. The third-order valence-electron chi connectivity index (χ3n) is 4.08. The number of halogens is 1. The first kappa shape index (κ1) is 16.1. The van der Waals surface area contributed by atoms with Crippen molar-refractivity contribution in [2.24, 2.45) is 11.7 Å². The molecule has 0 heterocycles. The predicted octanol–water partition coefficient (Wildman–Crippen LogP) is 3.50. The van der Waals surface area contributed by atoms with Crippen LogP contribution < -0.4 is 5.73 Å². The molecular formula is C16H27FN2. The third kappa shape index (κ3) is 4.59. The van der Waals surface area contributed by atoms with Gasteiger partial charge in [0.2, 0.25) is 0 Å². The van der Waals surface area contributed by atoms with Crippen LogP contribution in [0.15, 0.2) is 18.2 Å². The van der Waals surface area contributed by atoms with Gasteiger partial charge in [-0.1, -0.05) is 26.0 Å². The minimum absolute atomic E-state index is 0.100. The second-order valence-electron chi connectivity index (χ2n) is 5.87. The van der Waals surface area contributed by atoms with Gasteiger partial charge in [0.05, 0.1) is 0 Å². The summed E-state index contributed by atoms with van der Waals surface area (Å²) in [5.74, 6) is 0.454. The molecule has 1 aromatic carbocycles. The largest absolute Gasteiger partial charge is 0.324 e. The number of rotatable bonds is 6. The van der Waals surface area contributed by atoms with Gasteiger partial charge in [0.15, 0.2) is 0 Å². The highest BCUT2D eigenvalue weighted by atomic mass is 19.1. The summed E-state index contributed by atoms with van der Waals surface area (Å²) in [7, 11) is 2.12. The monoisotopic (exact) mass is 266 g/mol. The average molecular weight is 266 g/mol. The third-order valence-corrected chi connectivity index (χ3v) is 4.08. The van der Waals surface area contributed by atoms with Crippen LogP contribution in [0.1, 0.15) is 44.4 Å². The summed E-state index contributed by atoms with van der Waals surface area (Å²) in [6.45, 7) is 9.35. The molecule has 0 fully saturated rings. The van der Waals surface area contributed by atoms with E-state index in [2.05, 4.69) is 32.7 Å². The molecule has 0 saturated heterocycles. The second kappa shape index (κ2) is 7.01. The van der Waals surface area contributed by atoms with E-state index in [0.29, 0.717) is 17.5 Å². The topological polar surface area (TPSA) is 29.3 Å². The van der Waals surface area contributed by atoms with Crippen LogP contribution >= 0.6 is 0 Å². The molecule has 1 aromatic rings. The van der Waals surface area contributed by atoms with Gasteiger partial charge in [-0.2, -0.15) is 0 Å². The van der Waals surface area contributed by atoms with Crippen molar-refractivity contribution in [2.75, 3.05) is 13.6 Å². The summed E-state index contributed by atoms with van der Waals surface area (Å²) in [5.41, 5.74) is 7.70. The molecule has 2 atom stereocenters. The van der Waals surface area contributed by atoms with Gasteiger partial charge >= 0.3 is 0 Å². The van der Waals surface area contributed by atoms with Crippen LogP contribution in [0.5, 0.6) is 0 Å². The predicted molar refractivity (Wildman–Crippen MR) is 79.6 cm³/mol. The molecule has 1 rings (SSSR count). The molecular weight excluding hydrogens is 239 g/mol. The molecule has 2 nitrogen and oxygen atoms in total. The molecule has 3 heteroatoms. The highest BCUT2D eigenvalue weighted by Crippen LogP contribution is 2.18. The number of nitrogens with two attached hydrogens (primary N) is 1. The summed E-state index contributed by atoms with van der Waals surface area (Å²) in [6.07, 6.45) is 0.843. The molecule has 0 aliphatic rings. The normalized spacial score (nSPS) is 15.0. The highest BCUT2D eigenvalue weighted by Gasteiger charge is 2.15. The zero-order valence-electron chi connectivity index (χ0n) is 12.8. The Hall–Kier alpha value is -0.930. The van der Waals surface area contributed by atoms with Crippen LogP contribution in [-0.2, 0) is 0 Å². The number of nitrogens with zero attached hydrogens (tertiary/aromatic N) is 1. The van der Waals surface area contributed by atoms with Gasteiger partial charge in [0, 0.05) is 12.1 Å². The van der Waals surface area contributed by atoms with E-state index in [1.807, 2.05) is 6.07 Å². The molecule has 19 heavy (non-hydrogen) atoms. The smallest absolute Gasteiger partial charge is 0.126 e. The van der Waals surface area contributed by atoms with Crippen molar-refractivity contribution < 1.29 is 4.39 Å². The van der Waals surface area contributed by atoms with E-state index in [1.165, 1.54) is 0 Å². The fourth-order valence-corrected chi connectivity index (χ4v) is 2.06. The summed E-state index contributed by atoms with van der Waals surface area (Å²) >= 11 is 0. The molecule has 0 bridgehead atoms. The molecule has 0 aliphatic carbocycles. The van der Waals surface area contributed by atoms with Gasteiger partial charge in [-0.15, -0.1) is 0 Å². The number of hydrogen-bond acceptors (Lipinski definition) is 2. The van der Waals surface area contributed by atoms with Crippen molar-refractivity contribution in [3.05, 3.63) is 35.1 Å². The molecule has 0 aliphatic heterocycles. The van der Waals surface area contributed by atoms with Crippen LogP contribution in [0.3, 0.4) is 0 Å². The Labute approximate surface area is 116 Å². The fourth-order valence-electron chi connectivity index (χ4n) is 2.06. The van der Waals surface area contributed by atoms with Gasteiger partial charge in [0.1, 0.15) is 5.82 Å². The van der Waals surface area contributed by atoms with Crippen molar-refractivity contribution in [3.63, 3.8) is 0 Å². The first-order chi connectivity index (χ1) is 8.82. The molecule has 0 saturated carbocycles. The first-order valence-corrected chi connectivity index (χ1v) is 7.04. The lowest BCUT2D eigenvalue weighted by molar-refractivity contribution is 0.202. The molecule has 0 radical (unpaired) electrons. The van der Waals surface area contributed by atoms with Crippen LogP contribution in [0.4, 0.5) is 4.39 Å². The number of aryl methyl sites for hydroxylation is 1. The van der Waals surface area contributed by atoms with E-state index in [-0.39, 0.29) is 11.9 Å². The quantitative estimate of drug-likeness (QED) is 0.854. The van der Waals surface area contributed by atoms with Gasteiger partial charge in [0.25, 0.3) is 0 Å². The van der Waals surface area contributed by atoms with E-state index in [9.17, 15) is 4.39 Å². The van der Waals surface area contributed by atoms with Crippen molar-refractivity contribution >= 4 is 0 Å². The number of hydrogen-bond donors (Lipinski definition) is 1. The highest BCUT2D eigenvalue weighted by molar-refractivity contribution is 5.25. The van der Waals surface area contributed by atoms with E-state index < -0.39 is 0 Å². The van der Waals surface area contributed by atoms with Gasteiger partial charge in [-0.3, -0.25) is 0 Å². The van der Waals surface area contributed by atoms with Crippen molar-refractivity contribution in [3.8, 4) is 0 Å². The van der Waals surface area contributed by atoms with Gasteiger partial charge < -0.3 is 10.6 Å². The van der Waals surface area contributed by atoms with E-state index in [4.69, 9.17) is 5.73 Å². The van der Waals surface area contributed by atoms with Crippen LogP contribution in [0.2, 0.25) is 0 Å². The van der Waals surface area contributed by atoms with Gasteiger partial charge in [-0.25, -0.2) is 4.39 Å². The Kier molecular flexibility index (Phi) is 5.95. The summed E-state index contributed by atoms with van der Waals surface area (Å²) in [4.78, 5) is 2.31. The standard InChI is InChI=1S/C16H27FN2/c1-11(2)13(4)19(5)9-8-16(18)14-7-6-12(3)15(17)10-14/h6-7,10-11,13,16H,8-9,18H2,1-5H3. The van der Waals surface area contributed by atoms with Crippen molar-refractivity contribution in [2.45, 2.75) is 46.2 Å². The Bertz CT molecular complexity index is 404. The molecule has 2 unspecified atom stereocenters. The van der Waals surface area contributed by atoms with Gasteiger partial charge in [-0.05, 0) is 57.0 Å². The lowest BCUT2D eigenvalue weighted by atomic mass is 10.0. The van der Waals surface area contributed by atoms with Crippen LogP contribution in [0, 0.1) is 18.7 Å². The number of benzene rings is 1. The minimum atomic E-state index is -0.170. The Morgan fingerprint density at radius 3 is 2.42 bits per heavy atom. The van der Waals surface area contributed by atoms with Crippen LogP contribution in [-0.4, -0.2) is 24.5 Å². The molecule has 0 spiro atoms. The molecule has 0 amide bonds. The Morgan fingerprint density at radius 1 is 1.26 bits per heavy atom. The summed E-state index contributed by atoms with van der Waals surface area (Å²) in [6, 6.07) is 5.71. The minimum Gasteiger partial charge on any atom is -0.324 e. The van der Waals surface area contributed by atoms with Crippen molar-refractivity contribution in [1.29, 1.82) is 0 Å². The van der Waals surface area contributed by atoms with Crippen molar-refractivity contribution in [1.82, 2.24) is 4.90 Å². The maximum atomic E-state index is 13.5. The summed E-state index contributed by atoms with van der Waals surface area (Å²) < 4.78 is 13.5. The maximum absolute atomic E-state index is 13.5. The van der Waals surface area contributed by atoms with E-state index in [0.717, 1.165) is 18.5 Å². The van der Waals surface area contributed by atoms with E-state index >= 15 is 0 Å². The molecule has 2 N–H and O–H groups in total. The summed E-state index contributed by atoms with van der Waals surface area (Å²) in [5, 5.41) is 0. The lowest BCUT2D eigenvalue weighted by Crippen LogP contribution is -2.35. The second-order valence-corrected chi connectivity index (χ2v) is 5.87. The fraction of sp³-hybridized carbons (Fsp3) is 0.625. The Balaban J connectivity index is 2.55. The molecule has 0 aromatic heterocycles. The zero-order chi connectivity index (χ0) is 14.6. The zero-order valence-corrected chi connectivity index (χ0v) is 12.8. The SMILES string of the molecule is Cc1ccc(C(N)CCN(C)C(C)C(C)C)cc1F. The van der Waals surface area contributed by atoms with Crippen LogP contribution in [0.25, 0.3) is 0 Å². The molecule has 108 valence electrons. The maximum Gasteiger partial charge on any atom is 0.126 e. The average Bonchev–Trinajstić information content (AvgIpc) is 2.37. The lowest BCUT2D eigenvalue weighted by Gasteiger charge is -2.28. The Morgan fingerprint density at radius 2 is 1.89 bits per heavy atom. The van der Waals surface area contributed by atoms with E-state index in [1.54, 1.807) is 19.1 Å².